The first-order chi connectivity index (χ1) is 17.5. The number of likely N-dealkylation sites (tertiary alicyclic amines) is 1. The first-order valence-corrected chi connectivity index (χ1v) is 12.4. The maximum Gasteiger partial charge on any atom is 0.246 e. The summed E-state index contributed by atoms with van der Waals surface area (Å²) in [6.07, 6.45) is 3.38. The first-order valence-electron chi connectivity index (χ1n) is 12.4. The molecule has 5 atom stereocenters. The molecular formula is C26H34F2N6O3. The molecule has 0 spiro atoms. The molecule has 11 heteroatoms. The van der Waals surface area contributed by atoms with E-state index in [4.69, 9.17) is 4.74 Å². The summed E-state index contributed by atoms with van der Waals surface area (Å²) >= 11 is 0. The largest absolute Gasteiger partial charge is 0.486 e. The van der Waals surface area contributed by atoms with E-state index in [1.54, 1.807) is 37.3 Å². The molecule has 2 amide bonds. The van der Waals surface area contributed by atoms with Crippen LogP contribution in [0.15, 0.2) is 36.7 Å². The van der Waals surface area contributed by atoms with Crippen molar-refractivity contribution in [2.75, 3.05) is 25.0 Å². The standard InChI is InChI=1S/C26H34F2N6O3/c1-15(29-5)23(35)32-22(26(2,3)4)24(36)33-12-9-19-21(33)20(14-34(19)25-30-10-6-11-31-25)37-16-7-8-17(27)18(28)13-16/h6-8,10-11,13,15,19-22,29H,9,12,14H2,1-5H3,(H,32,35). The molecule has 2 saturated heterocycles. The van der Waals surface area contributed by atoms with Crippen LogP contribution in [0, 0.1) is 17.0 Å². The summed E-state index contributed by atoms with van der Waals surface area (Å²) in [5, 5.41) is 5.82. The Balaban J connectivity index is 1.65. The van der Waals surface area contributed by atoms with Gasteiger partial charge in [0.15, 0.2) is 11.6 Å². The van der Waals surface area contributed by atoms with E-state index in [2.05, 4.69) is 20.6 Å². The number of nitrogens with one attached hydrogen (secondary N) is 2. The topological polar surface area (TPSA) is 99.7 Å². The minimum atomic E-state index is -1.01. The van der Waals surface area contributed by atoms with E-state index in [0.717, 1.165) is 12.1 Å². The maximum atomic E-state index is 14.0. The minimum absolute atomic E-state index is 0.144. The SMILES string of the molecule is CNC(C)C(=O)NC(C(=O)N1CCC2C1C(Oc1ccc(F)c(F)c1)CN2c1ncccn1)C(C)(C)C. The molecule has 2 fully saturated rings. The number of halogens is 2. The van der Waals surface area contributed by atoms with Gasteiger partial charge in [-0.25, -0.2) is 18.7 Å². The number of hydrogen-bond acceptors (Lipinski definition) is 7. The second-order valence-corrected chi connectivity index (χ2v) is 10.6. The number of carbonyl (C=O) groups is 2. The van der Waals surface area contributed by atoms with Crippen LogP contribution in [0.4, 0.5) is 14.7 Å². The molecule has 2 aliphatic heterocycles. The molecule has 2 aromatic rings. The number of fused-ring (bicyclic) bond motifs is 1. The molecule has 9 nitrogen and oxygen atoms in total. The van der Waals surface area contributed by atoms with E-state index in [1.165, 1.54) is 6.07 Å². The van der Waals surface area contributed by atoms with Gasteiger partial charge in [-0.05, 0) is 44.0 Å². The van der Waals surface area contributed by atoms with Gasteiger partial charge in [-0.3, -0.25) is 9.59 Å². The Morgan fingerprint density at radius 2 is 1.86 bits per heavy atom. The number of likely N-dealkylation sites (N-methyl/N-ethyl adjacent to an activating group) is 1. The Labute approximate surface area is 215 Å². The Morgan fingerprint density at radius 3 is 2.49 bits per heavy atom. The van der Waals surface area contributed by atoms with Gasteiger partial charge in [0, 0.05) is 25.0 Å². The maximum absolute atomic E-state index is 14.0. The van der Waals surface area contributed by atoms with Gasteiger partial charge in [0.2, 0.25) is 17.8 Å². The highest BCUT2D eigenvalue weighted by Crippen LogP contribution is 2.37. The third-order valence-electron chi connectivity index (χ3n) is 7.07. The van der Waals surface area contributed by atoms with Crippen molar-refractivity contribution < 1.29 is 23.1 Å². The summed E-state index contributed by atoms with van der Waals surface area (Å²) in [5.74, 6) is -1.79. The lowest BCUT2D eigenvalue weighted by atomic mass is 9.85. The summed E-state index contributed by atoms with van der Waals surface area (Å²) in [7, 11) is 1.68. The summed E-state index contributed by atoms with van der Waals surface area (Å²) < 4.78 is 33.6. The molecule has 37 heavy (non-hydrogen) atoms. The number of amides is 2. The van der Waals surface area contributed by atoms with Crippen LogP contribution in [0.5, 0.6) is 5.75 Å². The quantitative estimate of drug-likeness (QED) is 0.582. The zero-order chi connectivity index (χ0) is 26.9. The molecule has 0 radical (unpaired) electrons. The number of rotatable bonds is 7. The fourth-order valence-corrected chi connectivity index (χ4v) is 5.00. The number of aromatic nitrogens is 2. The van der Waals surface area contributed by atoms with Gasteiger partial charge in [0.1, 0.15) is 17.9 Å². The highest BCUT2D eigenvalue weighted by molar-refractivity contribution is 5.90. The molecule has 1 aromatic heterocycles. The van der Waals surface area contributed by atoms with Crippen molar-refractivity contribution in [1.29, 1.82) is 0 Å². The van der Waals surface area contributed by atoms with Gasteiger partial charge < -0.3 is 25.2 Å². The van der Waals surface area contributed by atoms with Crippen molar-refractivity contribution in [3.05, 3.63) is 48.3 Å². The van der Waals surface area contributed by atoms with Crippen LogP contribution in [0.3, 0.4) is 0 Å². The summed E-state index contributed by atoms with van der Waals surface area (Å²) in [4.78, 5) is 39.2. The van der Waals surface area contributed by atoms with Gasteiger partial charge in [0.25, 0.3) is 0 Å². The van der Waals surface area contributed by atoms with Crippen LogP contribution in [0.2, 0.25) is 0 Å². The predicted molar refractivity (Wildman–Crippen MR) is 134 cm³/mol. The molecule has 0 bridgehead atoms. The van der Waals surface area contributed by atoms with Crippen molar-refractivity contribution in [1.82, 2.24) is 25.5 Å². The number of anilines is 1. The van der Waals surface area contributed by atoms with Crippen molar-refractivity contribution in [2.24, 2.45) is 5.41 Å². The fourth-order valence-electron chi connectivity index (χ4n) is 5.00. The molecule has 2 N–H and O–H groups in total. The van der Waals surface area contributed by atoms with Crippen LogP contribution in [-0.4, -0.2) is 77.1 Å². The van der Waals surface area contributed by atoms with Gasteiger partial charge in [-0.2, -0.15) is 0 Å². The van der Waals surface area contributed by atoms with E-state index in [9.17, 15) is 18.4 Å². The van der Waals surface area contributed by atoms with Gasteiger partial charge in [-0.1, -0.05) is 20.8 Å². The smallest absolute Gasteiger partial charge is 0.246 e. The molecule has 1 aromatic carbocycles. The number of nitrogens with zero attached hydrogens (tertiary/aromatic N) is 4. The average Bonchev–Trinajstić information content (AvgIpc) is 3.45. The predicted octanol–water partition coefficient (Wildman–Crippen LogP) is 2.13. The molecule has 5 unspecified atom stereocenters. The Hall–Kier alpha value is -3.34. The van der Waals surface area contributed by atoms with E-state index in [1.807, 2.05) is 25.7 Å². The number of hydrogen-bond donors (Lipinski definition) is 2. The van der Waals surface area contributed by atoms with E-state index in [-0.39, 0.29) is 23.6 Å². The first kappa shape index (κ1) is 26.7. The zero-order valence-corrected chi connectivity index (χ0v) is 21.7. The molecule has 2 aliphatic rings. The molecule has 200 valence electrons. The third kappa shape index (κ3) is 5.51. The molecule has 4 rings (SSSR count). The Kier molecular flexibility index (Phi) is 7.63. The lowest BCUT2D eigenvalue weighted by molar-refractivity contribution is -0.141. The normalized spacial score (nSPS) is 22.9. The number of carbonyl (C=O) groups excluding carboxylic acids is 2. The second-order valence-electron chi connectivity index (χ2n) is 10.6. The molecule has 3 heterocycles. The van der Waals surface area contributed by atoms with Crippen molar-refractivity contribution in [3.63, 3.8) is 0 Å². The average molecular weight is 517 g/mol. The van der Waals surface area contributed by atoms with Crippen LogP contribution in [0.1, 0.15) is 34.1 Å². The Morgan fingerprint density at radius 1 is 1.16 bits per heavy atom. The summed E-state index contributed by atoms with van der Waals surface area (Å²) in [5.41, 5.74) is -0.560. The van der Waals surface area contributed by atoms with Gasteiger partial charge in [0.05, 0.1) is 24.7 Å². The minimum Gasteiger partial charge on any atom is -0.486 e. The van der Waals surface area contributed by atoms with Crippen LogP contribution >= 0.6 is 0 Å². The highest BCUT2D eigenvalue weighted by Gasteiger charge is 2.54. The summed E-state index contributed by atoms with van der Waals surface area (Å²) in [6.45, 7) is 8.24. The van der Waals surface area contributed by atoms with Crippen molar-refractivity contribution >= 4 is 17.8 Å². The summed E-state index contributed by atoms with van der Waals surface area (Å²) in [6, 6.07) is 3.31. The van der Waals surface area contributed by atoms with Crippen molar-refractivity contribution in [2.45, 2.75) is 64.4 Å². The van der Waals surface area contributed by atoms with Crippen molar-refractivity contribution in [3.8, 4) is 5.75 Å². The lowest BCUT2D eigenvalue weighted by Crippen LogP contribution is -2.59. The number of benzene rings is 1. The van der Waals surface area contributed by atoms with Gasteiger partial charge >= 0.3 is 0 Å². The molecular weight excluding hydrogens is 482 g/mol. The van der Waals surface area contributed by atoms with Crippen LogP contribution in [-0.2, 0) is 9.59 Å². The van der Waals surface area contributed by atoms with E-state index < -0.39 is 41.3 Å². The van der Waals surface area contributed by atoms with Crippen LogP contribution in [0.25, 0.3) is 0 Å². The number of ether oxygens (including phenoxy) is 1. The van der Waals surface area contributed by atoms with E-state index >= 15 is 0 Å². The molecule has 0 aliphatic carbocycles. The molecule has 0 saturated carbocycles. The highest BCUT2D eigenvalue weighted by atomic mass is 19.2. The van der Waals surface area contributed by atoms with E-state index in [0.29, 0.717) is 25.5 Å². The second kappa shape index (κ2) is 10.6. The monoisotopic (exact) mass is 516 g/mol. The van der Waals surface area contributed by atoms with Gasteiger partial charge in [-0.15, -0.1) is 0 Å². The lowest BCUT2D eigenvalue weighted by Gasteiger charge is -2.37. The zero-order valence-electron chi connectivity index (χ0n) is 21.7. The Bertz CT molecular complexity index is 1130. The third-order valence-corrected chi connectivity index (χ3v) is 7.07. The fraction of sp³-hybridized carbons (Fsp3) is 0.538. The van der Waals surface area contributed by atoms with Crippen LogP contribution < -0.4 is 20.3 Å².